The van der Waals surface area contributed by atoms with E-state index in [1.54, 1.807) is 18.4 Å². The van der Waals surface area contributed by atoms with Crippen LogP contribution >= 0.6 is 11.8 Å². The van der Waals surface area contributed by atoms with Gasteiger partial charge in [0.25, 0.3) is 11.1 Å². The van der Waals surface area contributed by atoms with Gasteiger partial charge in [0, 0.05) is 6.04 Å². The lowest BCUT2D eigenvalue weighted by Gasteiger charge is -2.35. The summed E-state index contributed by atoms with van der Waals surface area (Å²) < 4.78 is 10.8. The van der Waals surface area contributed by atoms with Crippen LogP contribution in [0.15, 0.2) is 32.5 Å². The minimum Gasteiger partial charge on any atom is -0.459 e. The molecule has 3 rings (SSSR count). The number of thioether (sulfide) groups is 1. The van der Waals surface area contributed by atoms with Gasteiger partial charge >= 0.3 is 0 Å². The highest BCUT2D eigenvalue weighted by Crippen LogP contribution is 2.30. The van der Waals surface area contributed by atoms with Gasteiger partial charge in [-0.05, 0) is 37.3 Å². The van der Waals surface area contributed by atoms with Crippen molar-refractivity contribution < 1.29 is 13.6 Å². The minimum absolute atomic E-state index is 0.0173. The number of carbonyl (C=O) groups excluding carboxylic acids is 1. The fraction of sp³-hybridized carbons (Fsp3) is 0.588. The van der Waals surface area contributed by atoms with Gasteiger partial charge in [0.1, 0.15) is 0 Å². The SMILES string of the molecule is C[C@@H]1[C@H](C)CCC[C@H]1NC(=O)[C@@H](C)Sc1nnc(-c2ccco2)o1. The number of hydrogen-bond donors (Lipinski definition) is 1. The summed E-state index contributed by atoms with van der Waals surface area (Å²) in [6, 6.07) is 3.77. The summed E-state index contributed by atoms with van der Waals surface area (Å²) in [5.74, 6) is 2.03. The van der Waals surface area contributed by atoms with Crippen molar-refractivity contribution in [1.29, 1.82) is 0 Å². The molecule has 1 fully saturated rings. The number of aromatic nitrogens is 2. The van der Waals surface area contributed by atoms with Crippen LogP contribution in [0.1, 0.15) is 40.0 Å². The molecule has 1 N–H and O–H groups in total. The summed E-state index contributed by atoms with van der Waals surface area (Å²) in [4.78, 5) is 12.5. The Morgan fingerprint density at radius 3 is 2.96 bits per heavy atom. The zero-order valence-electron chi connectivity index (χ0n) is 14.2. The predicted octanol–water partition coefficient (Wildman–Crippen LogP) is 3.75. The van der Waals surface area contributed by atoms with Crippen molar-refractivity contribution in [3.63, 3.8) is 0 Å². The van der Waals surface area contributed by atoms with Crippen LogP contribution in [-0.2, 0) is 4.79 Å². The molecule has 4 atom stereocenters. The van der Waals surface area contributed by atoms with E-state index in [1.165, 1.54) is 24.6 Å². The quantitative estimate of drug-likeness (QED) is 0.828. The van der Waals surface area contributed by atoms with Crippen molar-refractivity contribution in [3.8, 4) is 11.7 Å². The fourth-order valence-electron chi connectivity index (χ4n) is 3.05. The second-order valence-electron chi connectivity index (χ2n) is 6.49. The van der Waals surface area contributed by atoms with Gasteiger partial charge in [-0.15, -0.1) is 10.2 Å². The van der Waals surface area contributed by atoms with Crippen molar-refractivity contribution in [3.05, 3.63) is 18.4 Å². The van der Waals surface area contributed by atoms with E-state index in [-0.39, 0.29) is 17.2 Å². The summed E-state index contributed by atoms with van der Waals surface area (Å²) in [5, 5.41) is 11.2. The molecule has 0 aromatic carbocycles. The van der Waals surface area contributed by atoms with E-state index in [4.69, 9.17) is 8.83 Å². The summed E-state index contributed by atoms with van der Waals surface area (Å²) in [6.45, 7) is 6.34. The van der Waals surface area contributed by atoms with Crippen LogP contribution < -0.4 is 5.32 Å². The maximum atomic E-state index is 12.5. The Morgan fingerprint density at radius 1 is 1.38 bits per heavy atom. The molecule has 0 unspecified atom stereocenters. The molecule has 1 saturated carbocycles. The van der Waals surface area contributed by atoms with E-state index in [0.29, 0.717) is 28.7 Å². The summed E-state index contributed by atoms with van der Waals surface area (Å²) in [7, 11) is 0. The standard InChI is InChI=1S/C17H23N3O3S/c1-10-6-4-7-13(11(10)2)18-15(21)12(3)24-17-20-19-16(23-17)14-8-5-9-22-14/h5,8-13H,4,6-7H2,1-3H3,(H,18,21)/t10-,11-,12-,13-/m1/s1. The van der Waals surface area contributed by atoms with Crippen LogP contribution in [0.5, 0.6) is 0 Å². The van der Waals surface area contributed by atoms with E-state index in [0.717, 1.165) is 6.42 Å². The van der Waals surface area contributed by atoms with E-state index in [1.807, 2.05) is 6.92 Å². The molecular formula is C17H23N3O3S. The van der Waals surface area contributed by atoms with Crippen LogP contribution in [0, 0.1) is 11.8 Å². The van der Waals surface area contributed by atoms with Crippen LogP contribution in [0.25, 0.3) is 11.7 Å². The summed E-state index contributed by atoms with van der Waals surface area (Å²) >= 11 is 1.27. The predicted molar refractivity (Wildman–Crippen MR) is 91.4 cm³/mol. The Morgan fingerprint density at radius 2 is 2.21 bits per heavy atom. The average Bonchev–Trinajstić information content (AvgIpc) is 3.22. The first kappa shape index (κ1) is 17.1. The molecule has 0 bridgehead atoms. The Hall–Kier alpha value is -1.76. The van der Waals surface area contributed by atoms with E-state index in [2.05, 4.69) is 29.4 Å². The molecule has 0 spiro atoms. The van der Waals surface area contributed by atoms with Crippen LogP contribution in [-0.4, -0.2) is 27.4 Å². The Kier molecular flexibility index (Phi) is 5.28. The van der Waals surface area contributed by atoms with Gasteiger partial charge in [-0.1, -0.05) is 38.5 Å². The molecule has 2 aromatic heterocycles. The van der Waals surface area contributed by atoms with E-state index < -0.39 is 0 Å². The second kappa shape index (κ2) is 7.42. The number of hydrogen-bond acceptors (Lipinski definition) is 6. The molecule has 2 heterocycles. The first-order valence-electron chi connectivity index (χ1n) is 8.39. The van der Waals surface area contributed by atoms with Gasteiger partial charge in [0.05, 0.1) is 11.5 Å². The molecule has 2 aromatic rings. The monoisotopic (exact) mass is 349 g/mol. The number of furan rings is 1. The molecule has 1 aliphatic carbocycles. The lowest BCUT2D eigenvalue weighted by molar-refractivity contribution is -0.121. The maximum Gasteiger partial charge on any atom is 0.284 e. The molecule has 1 aliphatic rings. The molecule has 7 heteroatoms. The molecule has 24 heavy (non-hydrogen) atoms. The van der Waals surface area contributed by atoms with Crippen molar-refractivity contribution >= 4 is 17.7 Å². The summed E-state index contributed by atoms with van der Waals surface area (Å²) in [5.41, 5.74) is 0. The zero-order chi connectivity index (χ0) is 17.1. The number of nitrogens with one attached hydrogen (secondary N) is 1. The van der Waals surface area contributed by atoms with Crippen molar-refractivity contribution in [2.45, 2.75) is 56.5 Å². The van der Waals surface area contributed by atoms with Gasteiger partial charge < -0.3 is 14.2 Å². The average molecular weight is 349 g/mol. The maximum absolute atomic E-state index is 12.5. The Balaban J connectivity index is 1.56. The fourth-order valence-corrected chi connectivity index (χ4v) is 3.74. The second-order valence-corrected chi connectivity index (χ2v) is 7.78. The normalized spacial score (nSPS) is 25.4. The Labute approximate surface area is 145 Å². The van der Waals surface area contributed by atoms with Crippen LogP contribution in [0.2, 0.25) is 0 Å². The van der Waals surface area contributed by atoms with Gasteiger partial charge in [-0.3, -0.25) is 4.79 Å². The third kappa shape index (κ3) is 3.83. The first-order chi connectivity index (χ1) is 11.5. The highest BCUT2D eigenvalue weighted by molar-refractivity contribution is 8.00. The number of rotatable bonds is 5. The lowest BCUT2D eigenvalue weighted by atomic mass is 9.78. The molecule has 1 amide bonds. The van der Waals surface area contributed by atoms with Gasteiger partial charge in [-0.25, -0.2) is 0 Å². The van der Waals surface area contributed by atoms with E-state index in [9.17, 15) is 4.79 Å². The van der Waals surface area contributed by atoms with Gasteiger partial charge in [0.15, 0.2) is 5.76 Å². The van der Waals surface area contributed by atoms with Crippen molar-refractivity contribution in [2.24, 2.45) is 11.8 Å². The number of nitrogens with zero attached hydrogens (tertiary/aromatic N) is 2. The van der Waals surface area contributed by atoms with Crippen LogP contribution in [0.4, 0.5) is 0 Å². The highest BCUT2D eigenvalue weighted by Gasteiger charge is 2.30. The smallest absolute Gasteiger partial charge is 0.284 e. The molecular weight excluding hydrogens is 326 g/mol. The lowest BCUT2D eigenvalue weighted by Crippen LogP contribution is -2.46. The van der Waals surface area contributed by atoms with Crippen molar-refractivity contribution in [1.82, 2.24) is 15.5 Å². The van der Waals surface area contributed by atoms with E-state index >= 15 is 0 Å². The molecule has 6 nitrogen and oxygen atoms in total. The topological polar surface area (TPSA) is 81.2 Å². The number of carbonyl (C=O) groups is 1. The van der Waals surface area contributed by atoms with Crippen LogP contribution in [0.3, 0.4) is 0 Å². The minimum atomic E-state index is -0.292. The number of amides is 1. The highest BCUT2D eigenvalue weighted by atomic mass is 32.2. The Bertz CT molecular complexity index is 670. The molecule has 130 valence electrons. The molecule has 0 radical (unpaired) electrons. The third-order valence-electron chi connectivity index (χ3n) is 4.82. The molecule has 0 aliphatic heterocycles. The van der Waals surface area contributed by atoms with Gasteiger partial charge in [0.2, 0.25) is 5.91 Å². The zero-order valence-corrected chi connectivity index (χ0v) is 15.0. The van der Waals surface area contributed by atoms with Gasteiger partial charge in [-0.2, -0.15) is 0 Å². The molecule has 0 saturated heterocycles. The largest absolute Gasteiger partial charge is 0.459 e. The third-order valence-corrected chi connectivity index (χ3v) is 5.75. The first-order valence-corrected chi connectivity index (χ1v) is 9.27. The van der Waals surface area contributed by atoms with Crippen molar-refractivity contribution in [2.75, 3.05) is 0 Å². The summed E-state index contributed by atoms with van der Waals surface area (Å²) in [6.07, 6.45) is 5.02.